The molecule has 1 aliphatic rings. The van der Waals surface area contributed by atoms with Gasteiger partial charge in [0, 0.05) is 31.7 Å². The van der Waals surface area contributed by atoms with Gasteiger partial charge in [0.2, 0.25) is 23.5 Å². The molecule has 4 aromatic rings. The lowest BCUT2D eigenvalue weighted by molar-refractivity contribution is -0.122. The van der Waals surface area contributed by atoms with Gasteiger partial charge in [0.05, 0.1) is 25.7 Å². The molecule has 1 atom stereocenters. The van der Waals surface area contributed by atoms with E-state index in [1.807, 2.05) is 49.4 Å². The fraction of sp³-hybridized carbons (Fsp3) is 0.406. The number of carbonyl (C=O) groups is 2. The average Bonchev–Trinajstić information content (AvgIpc) is 3.57. The molecular weight excluding hydrogens is 564 g/mol. The normalized spacial score (nSPS) is 14.5. The zero-order valence-corrected chi connectivity index (χ0v) is 25.2. The minimum absolute atomic E-state index is 0.202. The maximum Gasteiger partial charge on any atom is 0.332 e. The molecular formula is C32H38N6O6. The molecule has 1 aliphatic heterocycles. The molecule has 0 bridgehead atoms. The number of nitrogens with one attached hydrogen (secondary N) is 1. The van der Waals surface area contributed by atoms with Gasteiger partial charge in [0.15, 0.2) is 0 Å². The van der Waals surface area contributed by atoms with Crippen LogP contribution in [0.25, 0.3) is 11.3 Å². The first-order valence-corrected chi connectivity index (χ1v) is 14.8. The summed E-state index contributed by atoms with van der Waals surface area (Å²) in [6.45, 7) is 8.73. The predicted octanol–water partition coefficient (Wildman–Crippen LogP) is 2.66. The van der Waals surface area contributed by atoms with Gasteiger partial charge in [0.25, 0.3) is 5.89 Å². The van der Waals surface area contributed by atoms with Crippen LogP contribution in [-0.2, 0) is 29.0 Å². The van der Waals surface area contributed by atoms with E-state index < -0.39 is 30.0 Å². The van der Waals surface area contributed by atoms with Crippen LogP contribution in [0.3, 0.4) is 0 Å². The van der Waals surface area contributed by atoms with Gasteiger partial charge in [-0.25, -0.2) is 4.79 Å². The molecule has 0 radical (unpaired) electrons. The largest absolute Gasteiger partial charge is 0.493 e. The van der Waals surface area contributed by atoms with E-state index in [-0.39, 0.29) is 23.6 Å². The van der Waals surface area contributed by atoms with Crippen molar-refractivity contribution in [3.63, 3.8) is 0 Å². The number of aromatic nitrogens is 4. The minimum atomic E-state index is -0.982. The first kappa shape index (κ1) is 30.9. The van der Waals surface area contributed by atoms with Crippen molar-refractivity contribution >= 4 is 11.7 Å². The van der Waals surface area contributed by atoms with Crippen LogP contribution < -0.4 is 11.0 Å². The molecule has 1 amide bonds. The molecule has 5 rings (SSSR count). The Bertz CT molecular complexity index is 1650. The van der Waals surface area contributed by atoms with E-state index in [0.717, 1.165) is 28.8 Å². The van der Waals surface area contributed by atoms with Crippen LogP contribution in [0.1, 0.15) is 41.6 Å². The number of hydrogen-bond acceptors (Lipinski definition) is 9. The predicted molar refractivity (Wildman–Crippen MR) is 162 cm³/mol. The van der Waals surface area contributed by atoms with Crippen molar-refractivity contribution in [2.75, 3.05) is 32.8 Å². The second-order valence-corrected chi connectivity index (χ2v) is 11.3. The van der Waals surface area contributed by atoms with Crippen LogP contribution in [0, 0.1) is 12.8 Å². The van der Waals surface area contributed by atoms with Crippen molar-refractivity contribution in [1.29, 1.82) is 0 Å². The van der Waals surface area contributed by atoms with Gasteiger partial charge in [0.1, 0.15) is 12.2 Å². The molecule has 3 heterocycles. The van der Waals surface area contributed by atoms with Crippen molar-refractivity contribution in [3.05, 3.63) is 88.0 Å². The van der Waals surface area contributed by atoms with E-state index in [1.54, 1.807) is 26.0 Å². The van der Waals surface area contributed by atoms with Gasteiger partial charge >= 0.3 is 5.69 Å². The van der Waals surface area contributed by atoms with Gasteiger partial charge in [-0.3, -0.25) is 23.6 Å². The average molecular weight is 603 g/mol. The Balaban J connectivity index is 1.33. The number of amides is 1. The van der Waals surface area contributed by atoms with Gasteiger partial charge in [-0.2, -0.15) is 0 Å². The van der Waals surface area contributed by atoms with Crippen LogP contribution in [0.15, 0.2) is 63.8 Å². The number of aromatic hydroxyl groups is 1. The topological polar surface area (TPSA) is 145 Å². The highest BCUT2D eigenvalue weighted by Crippen LogP contribution is 2.28. The molecule has 12 nitrogen and oxygen atoms in total. The summed E-state index contributed by atoms with van der Waals surface area (Å²) in [5.41, 5.74) is 2.53. The van der Waals surface area contributed by atoms with Crippen LogP contribution in [0.2, 0.25) is 0 Å². The SMILES string of the molecule is Cc1cccc(Cc2nnc(C(=O)[C@H](NC(=O)Cn3c(O)c(-c4ccccc4)n(CCN4CCOCC4)c3=O)C(C)C)o2)c1. The molecule has 2 aromatic heterocycles. The van der Waals surface area contributed by atoms with Crippen LogP contribution in [0.5, 0.6) is 5.88 Å². The van der Waals surface area contributed by atoms with E-state index in [9.17, 15) is 19.5 Å². The van der Waals surface area contributed by atoms with Crippen molar-refractivity contribution in [2.45, 2.75) is 46.3 Å². The number of rotatable bonds is 12. The Kier molecular flexibility index (Phi) is 9.71. The molecule has 44 heavy (non-hydrogen) atoms. The summed E-state index contributed by atoms with van der Waals surface area (Å²) in [7, 11) is 0. The standard InChI is InChI=1S/C32H38N6O6/c1-21(2)27(29(40)30-35-34-26(44-30)19-23-9-7-8-22(3)18-23)33-25(39)20-38-31(41)28(24-10-5-4-6-11-24)37(32(38)42)13-12-36-14-16-43-17-15-36/h4-11,18,21,27,41H,12-17,19-20H2,1-3H3,(H,33,39)/t27-/m1/s1. The monoisotopic (exact) mass is 602 g/mol. The van der Waals surface area contributed by atoms with E-state index in [2.05, 4.69) is 20.4 Å². The fourth-order valence-corrected chi connectivity index (χ4v) is 5.33. The molecule has 1 fully saturated rings. The Morgan fingerprint density at radius 2 is 1.75 bits per heavy atom. The summed E-state index contributed by atoms with van der Waals surface area (Å²) in [5.74, 6) is -1.69. The molecule has 0 spiro atoms. The molecule has 232 valence electrons. The van der Waals surface area contributed by atoms with E-state index in [1.165, 1.54) is 4.57 Å². The Morgan fingerprint density at radius 1 is 1.00 bits per heavy atom. The number of benzene rings is 2. The third kappa shape index (κ3) is 7.14. The Morgan fingerprint density at radius 3 is 2.45 bits per heavy atom. The smallest absolute Gasteiger partial charge is 0.332 e. The highest BCUT2D eigenvalue weighted by Gasteiger charge is 2.31. The Labute approximate surface area is 255 Å². The maximum absolute atomic E-state index is 13.6. The summed E-state index contributed by atoms with van der Waals surface area (Å²) in [6, 6.07) is 16.0. The number of carbonyl (C=O) groups excluding carboxylic acids is 2. The molecule has 2 aromatic carbocycles. The van der Waals surface area contributed by atoms with Gasteiger partial charge in [-0.1, -0.05) is 74.0 Å². The molecule has 2 N–H and O–H groups in total. The van der Waals surface area contributed by atoms with E-state index >= 15 is 0 Å². The summed E-state index contributed by atoms with van der Waals surface area (Å²) < 4.78 is 13.6. The third-order valence-electron chi connectivity index (χ3n) is 7.67. The summed E-state index contributed by atoms with van der Waals surface area (Å²) in [5, 5.41) is 21.9. The van der Waals surface area contributed by atoms with Crippen molar-refractivity contribution in [2.24, 2.45) is 5.92 Å². The minimum Gasteiger partial charge on any atom is -0.493 e. The fourth-order valence-electron chi connectivity index (χ4n) is 5.33. The maximum atomic E-state index is 13.6. The third-order valence-corrected chi connectivity index (χ3v) is 7.67. The number of morpholine rings is 1. The molecule has 12 heteroatoms. The van der Waals surface area contributed by atoms with Gasteiger partial charge < -0.3 is 19.6 Å². The number of Topliss-reactive ketones (excluding diaryl/α,β-unsaturated/α-hetero) is 1. The van der Waals surface area contributed by atoms with Gasteiger partial charge in [-0.05, 0) is 18.4 Å². The van der Waals surface area contributed by atoms with Gasteiger partial charge in [-0.15, -0.1) is 10.2 Å². The lowest BCUT2D eigenvalue weighted by Crippen LogP contribution is -2.46. The van der Waals surface area contributed by atoms with E-state index in [4.69, 9.17) is 9.15 Å². The Hall–Kier alpha value is -4.55. The first-order valence-electron chi connectivity index (χ1n) is 14.8. The van der Waals surface area contributed by atoms with Crippen LogP contribution in [0.4, 0.5) is 0 Å². The van der Waals surface area contributed by atoms with Crippen LogP contribution >= 0.6 is 0 Å². The molecule has 0 unspecified atom stereocenters. The molecule has 0 saturated carbocycles. The highest BCUT2D eigenvalue weighted by atomic mass is 16.5. The number of hydrogen-bond donors (Lipinski definition) is 2. The highest BCUT2D eigenvalue weighted by molar-refractivity contribution is 5.98. The van der Waals surface area contributed by atoms with Crippen molar-refractivity contribution in [3.8, 4) is 17.1 Å². The van der Waals surface area contributed by atoms with Crippen molar-refractivity contribution < 1.29 is 23.8 Å². The van der Waals surface area contributed by atoms with Crippen molar-refractivity contribution in [1.82, 2.24) is 29.5 Å². The number of ether oxygens (including phenoxy) is 1. The lowest BCUT2D eigenvalue weighted by Gasteiger charge is -2.26. The first-order chi connectivity index (χ1) is 21.2. The molecule has 1 saturated heterocycles. The number of imidazole rings is 1. The van der Waals surface area contributed by atoms with E-state index in [0.29, 0.717) is 44.0 Å². The molecule has 0 aliphatic carbocycles. The summed E-state index contributed by atoms with van der Waals surface area (Å²) in [4.78, 5) is 42.4. The quantitative estimate of drug-likeness (QED) is 0.234. The summed E-state index contributed by atoms with van der Waals surface area (Å²) >= 11 is 0. The number of aryl methyl sites for hydroxylation is 1. The number of ketones is 1. The van der Waals surface area contributed by atoms with Crippen LogP contribution in [-0.4, -0.2) is 79.9 Å². The second-order valence-electron chi connectivity index (χ2n) is 11.3. The zero-order chi connectivity index (χ0) is 31.2. The summed E-state index contributed by atoms with van der Waals surface area (Å²) in [6.07, 6.45) is 0.370. The number of nitrogens with zero attached hydrogens (tertiary/aromatic N) is 5. The lowest BCUT2D eigenvalue weighted by atomic mass is 9.99. The zero-order valence-electron chi connectivity index (χ0n) is 25.2. The second kappa shape index (κ2) is 13.8.